The molecule has 1 rings (SSSR count). The van der Waals surface area contributed by atoms with Crippen LogP contribution in [0.5, 0.6) is 0 Å². The van der Waals surface area contributed by atoms with Gasteiger partial charge in [-0.2, -0.15) is 0 Å². The van der Waals surface area contributed by atoms with E-state index in [1.807, 2.05) is 0 Å². The summed E-state index contributed by atoms with van der Waals surface area (Å²) in [6.07, 6.45) is 6.56. The van der Waals surface area contributed by atoms with Crippen LogP contribution in [0, 0.1) is 28.9 Å². The predicted octanol–water partition coefficient (Wildman–Crippen LogP) is 1.78. The lowest BCUT2D eigenvalue weighted by Gasteiger charge is -1.93. The maximum absolute atomic E-state index is 10.2. The zero-order chi connectivity index (χ0) is 8.97. The number of terminal acetylenes is 1. The van der Waals surface area contributed by atoms with Crippen molar-refractivity contribution in [2.24, 2.45) is 0 Å². The molecule has 0 N–H and O–H groups in total. The van der Waals surface area contributed by atoms with Gasteiger partial charge >= 0.3 is 0 Å². The molecule has 0 fully saturated rings. The van der Waals surface area contributed by atoms with Crippen molar-refractivity contribution in [2.45, 2.75) is 0 Å². The normalized spacial score (nSPS) is 8.92. The fourth-order valence-corrected chi connectivity index (χ4v) is 0.788. The minimum Gasteiger partial charge on any atom is -0.258 e. The Labute approximate surface area is 70.2 Å². The summed E-state index contributed by atoms with van der Waals surface area (Å²) >= 11 is 0. The number of benzene rings is 1. The average Bonchev–Trinajstić information content (AvgIpc) is 2.06. The van der Waals surface area contributed by atoms with E-state index in [2.05, 4.69) is 5.92 Å². The van der Waals surface area contributed by atoms with Gasteiger partial charge in [0, 0.05) is 12.1 Å². The Bertz CT molecular complexity index is 321. The van der Waals surface area contributed by atoms with Gasteiger partial charge < -0.3 is 0 Å². The van der Waals surface area contributed by atoms with Crippen LogP contribution >= 0.6 is 0 Å². The molecule has 0 aliphatic rings. The molecule has 0 aromatic heterocycles. The van der Waals surface area contributed by atoms with Crippen LogP contribution in [-0.2, 0) is 0 Å². The molecule has 1 radical (unpaired) electrons. The summed E-state index contributed by atoms with van der Waals surface area (Å²) in [5, 5.41) is 10.2. The highest BCUT2D eigenvalue weighted by Crippen LogP contribution is 2.12. The Hall–Kier alpha value is -1.82. The lowest BCUT2D eigenvalue weighted by atomic mass is 10.1. The largest absolute Gasteiger partial charge is 0.269 e. The second-order valence-corrected chi connectivity index (χ2v) is 2.16. The van der Waals surface area contributed by atoms with E-state index in [-0.39, 0.29) is 5.69 Å². The predicted molar refractivity (Wildman–Crippen MR) is 45.3 cm³/mol. The second kappa shape index (κ2) is 3.54. The fourth-order valence-electron chi connectivity index (χ4n) is 0.788. The van der Waals surface area contributed by atoms with Crippen molar-refractivity contribution in [3.05, 3.63) is 46.4 Å². The Morgan fingerprint density at radius 2 is 2.00 bits per heavy atom. The Morgan fingerprint density at radius 1 is 1.42 bits per heavy atom. The number of hydrogen-bond donors (Lipinski definition) is 0. The van der Waals surface area contributed by atoms with E-state index in [0.717, 1.165) is 5.56 Å². The highest BCUT2D eigenvalue weighted by molar-refractivity contribution is 5.38. The third-order valence-electron chi connectivity index (χ3n) is 1.35. The van der Waals surface area contributed by atoms with Crippen molar-refractivity contribution in [2.75, 3.05) is 0 Å². The second-order valence-electron chi connectivity index (χ2n) is 2.16. The maximum atomic E-state index is 10.2. The van der Waals surface area contributed by atoms with Gasteiger partial charge in [0.05, 0.1) is 11.3 Å². The van der Waals surface area contributed by atoms with Crippen LogP contribution in [0.2, 0.25) is 0 Å². The molecule has 12 heavy (non-hydrogen) atoms. The third kappa shape index (κ3) is 1.83. The van der Waals surface area contributed by atoms with E-state index in [4.69, 9.17) is 6.42 Å². The molecule has 59 valence electrons. The molecular weight excluding hydrogens is 154 g/mol. The molecule has 1 aromatic carbocycles. The van der Waals surface area contributed by atoms with Gasteiger partial charge in [-0.15, -0.1) is 6.42 Å². The molecule has 1 aromatic rings. The van der Waals surface area contributed by atoms with Crippen LogP contribution < -0.4 is 0 Å². The number of nitro benzene ring substituents is 1. The third-order valence-corrected chi connectivity index (χ3v) is 1.35. The van der Waals surface area contributed by atoms with Gasteiger partial charge in [-0.1, -0.05) is 18.1 Å². The summed E-state index contributed by atoms with van der Waals surface area (Å²) < 4.78 is 0. The van der Waals surface area contributed by atoms with E-state index in [0.29, 0.717) is 0 Å². The molecular formula is C9H6NO2. The standard InChI is InChI=1S/C9H6NO2/c1-2-3-8-4-6-9(7-5-8)10(11)12/h1,3-7H. The summed E-state index contributed by atoms with van der Waals surface area (Å²) in [4.78, 5) is 9.78. The van der Waals surface area contributed by atoms with Crippen molar-refractivity contribution in [1.82, 2.24) is 0 Å². The SMILES string of the molecule is C#C[CH]c1ccc([N+](=O)[O-])cc1. The van der Waals surface area contributed by atoms with Gasteiger partial charge in [-0.3, -0.25) is 10.1 Å². The molecule has 0 unspecified atom stereocenters. The summed E-state index contributed by atoms with van der Waals surface area (Å²) in [7, 11) is 0. The van der Waals surface area contributed by atoms with Crippen LogP contribution in [0.15, 0.2) is 24.3 Å². The first-order valence-corrected chi connectivity index (χ1v) is 3.28. The van der Waals surface area contributed by atoms with Gasteiger partial charge in [0.1, 0.15) is 0 Å². The zero-order valence-electron chi connectivity index (χ0n) is 6.23. The number of nitro groups is 1. The van der Waals surface area contributed by atoms with Gasteiger partial charge in [-0.05, 0) is 5.56 Å². The first-order chi connectivity index (χ1) is 5.74. The van der Waals surface area contributed by atoms with Crippen molar-refractivity contribution in [3.63, 3.8) is 0 Å². The van der Waals surface area contributed by atoms with Crippen LogP contribution in [0.25, 0.3) is 0 Å². The van der Waals surface area contributed by atoms with Crippen LogP contribution in [0.1, 0.15) is 5.56 Å². The van der Waals surface area contributed by atoms with Crippen molar-refractivity contribution in [3.8, 4) is 12.3 Å². The average molecular weight is 160 g/mol. The molecule has 0 amide bonds. The van der Waals surface area contributed by atoms with E-state index in [9.17, 15) is 10.1 Å². The number of rotatable bonds is 2. The number of nitrogens with zero attached hydrogens (tertiary/aromatic N) is 1. The molecule has 0 aliphatic heterocycles. The van der Waals surface area contributed by atoms with E-state index in [1.54, 1.807) is 18.6 Å². The van der Waals surface area contributed by atoms with Gasteiger partial charge in [-0.25, -0.2) is 0 Å². The summed E-state index contributed by atoms with van der Waals surface area (Å²) in [5.74, 6) is 2.34. The molecule has 3 heteroatoms. The van der Waals surface area contributed by atoms with Gasteiger partial charge in [0.25, 0.3) is 5.69 Å². The Morgan fingerprint density at radius 3 is 2.42 bits per heavy atom. The summed E-state index contributed by atoms with van der Waals surface area (Å²) in [6, 6.07) is 6.06. The smallest absolute Gasteiger partial charge is 0.258 e. The quantitative estimate of drug-likeness (QED) is 0.376. The summed E-state index contributed by atoms with van der Waals surface area (Å²) in [6.45, 7) is 0. The van der Waals surface area contributed by atoms with Crippen molar-refractivity contribution < 1.29 is 4.92 Å². The van der Waals surface area contributed by atoms with E-state index in [1.165, 1.54) is 12.1 Å². The lowest BCUT2D eigenvalue weighted by molar-refractivity contribution is -0.384. The van der Waals surface area contributed by atoms with Gasteiger partial charge in [0.15, 0.2) is 0 Å². The van der Waals surface area contributed by atoms with Crippen LogP contribution in [0.3, 0.4) is 0 Å². The topological polar surface area (TPSA) is 43.1 Å². The van der Waals surface area contributed by atoms with E-state index >= 15 is 0 Å². The van der Waals surface area contributed by atoms with Crippen molar-refractivity contribution in [1.29, 1.82) is 0 Å². The molecule has 3 nitrogen and oxygen atoms in total. The van der Waals surface area contributed by atoms with E-state index < -0.39 is 4.92 Å². The number of non-ortho nitro benzene ring substituents is 1. The van der Waals surface area contributed by atoms with Crippen LogP contribution in [-0.4, -0.2) is 4.92 Å². The molecule has 0 bridgehead atoms. The minimum atomic E-state index is -0.445. The minimum absolute atomic E-state index is 0.0733. The molecule has 0 atom stereocenters. The molecule has 0 spiro atoms. The first-order valence-electron chi connectivity index (χ1n) is 3.28. The fraction of sp³-hybridized carbons (Fsp3) is 0. The van der Waals surface area contributed by atoms with Crippen LogP contribution in [0.4, 0.5) is 5.69 Å². The highest BCUT2D eigenvalue weighted by atomic mass is 16.6. The number of hydrogen-bond acceptors (Lipinski definition) is 2. The lowest BCUT2D eigenvalue weighted by Crippen LogP contribution is -1.87. The highest BCUT2D eigenvalue weighted by Gasteiger charge is 2.02. The monoisotopic (exact) mass is 160 g/mol. The maximum Gasteiger partial charge on any atom is 0.269 e. The molecule has 0 saturated heterocycles. The first kappa shape index (κ1) is 8.28. The zero-order valence-corrected chi connectivity index (χ0v) is 6.23. The van der Waals surface area contributed by atoms with Crippen molar-refractivity contribution >= 4 is 5.69 Å². The summed E-state index contributed by atoms with van der Waals surface area (Å²) in [5.41, 5.74) is 0.868. The molecule has 0 heterocycles. The Balaban J connectivity index is 2.87. The molecule has 0 saturated carbocycles. The Kier molecular flexibility index (Phi) is 2.44. The molecule has 0 aliphatic carbocycles. The van der Waals surface area contributed by atoms with Gasteiger partial charge in [0.2, 0.25) is 0 Å².